The summed E-state index contributed by atoms with van der Waals surface area (Å²) in [5.74, 6) is 0.125. The minimum atomic E-state index is -0.987. The standard InChI is InChI=1S/C18H20BClN2O5/c1-19(25)22-7-6-14(22)11-27-16-8-13(17(20)21-9-16)10-26-15-4-2-12(3-5-15)18(23)24/h2-5,8-9,14,25H,6-7,10-11H2,1H3,(H,23,24)/t14-/m0/s1. The molecule has 0 radical (unpaired) electrons. The van der Waals surface area contributed by atoms with Crippen LogP contribution in [-0.4, -0.2) is 52.1 Å². The van der Waals surface area contributed by atoms with Gasteiger partial charge < -0.3 is 24.4 Å². The van der Waals surface area contributed by atoms with Crippen LogP contribution in [0.2, 0.25) is 12.0 Å². The van der Waals surface area contributed by atoms with Gasteiger partial charge in [0.25, 0.3) is 0 Å². The molecule has 142 valence electrons. The zero-order valence-corrected chi connectivity index (χ0v) is 15.6. The summed E-state index contributed by atoms with van der Waals surface area (Å²) in [7, 11) is -0.479. The highest BCUT2D eigenvalue weighted by molar-refractivity contribution is 6.45. The molecule has 1 fully saturated rings. The first-order valence-corrected chi connectivity index (χ1v) is 8.99. The van der Waals surface area contributed by atoms with Crippen molar-refractivity contribution in [1.82, 2.24) is 9.79 Å². The molecule has 1 aliphatic rings. The van der Waals surface area contributed by atoms with Crippen LogP contribution in [0.4, 0.5) is 0 Å². The Balaban J connectivity index is 1.57. The van der Waals surface area contributed by atoms with Crippen molar-refractivity contribution in [2.24, 2.45) is 0 Å². The molecule has 0 amide bonds. The van der Waals surface area contributed by atoms with Crippen molar-refractivity contribution in [2.45, 2.75) is 25.9 Å². The van der Waals surface area contributed by atoms with E-state index in [0.717, 1.165) is 13.0 Å². The summed E-state index contributed by atoms with van der Waals surface area (Å²) >= 11 is 6.13. The van der Waals surface area contributed by atoms with Crippen LogP contribution in [0.3, 0.4) is 0 Å². The fourth-order valence-electron chi connectivity index (χ4n) is 2.83. The first kappa shape index (κ1) is 19.5. The van der Waals surface area contributed by atoms with Gasteiger partial charge in [0.2, 0.25) is 0 Å². The van der Waals surface area contributed by atoms with Crippen molar-refractivity contribution in [3.05, 3.63) is 52.8 Å². The van der Waals surface area contributed by atoms with E-state index in [1.165, 1.54) is 12.1 Å². The molecule has 0 unspecified atom stereocenters. The highest BCUT2D eigenvalue weighted by Crippen LogP contribution is 2.24. The Morgan fingerprint density at radius 1 is 1.33 bits per heavy atom. The van der Waals surface area contributed by atoms with Crippen LogP contribution in [0.1, 0.15) is 22.3 Å². The van der Waals surface area contributed by atoms with Gasteiger partial charge in [0.05, 0.1) is 11.8 Å². The zero-order chi connectivity index (χ0) is 19.4. The summed E-state index contributed by atoms with van der Waals surface area (Å²) in [6.45, 7) is 3.25. The van der Waals surface area contributed by atoms with Gasteiger partial charge >= 0.3 is 13.0 Å². The topological polar surface area (TPSA) is 92.1 Å². The van der Waals surface area contributed by atoms with Crippen LogP contribution >= 0.6 is 11.6 Å². The van der Waals surface area contributed by atoms with E-state index in [4.69, 9.17) is 26.2 Å². The summed E-state index contributed by atoms with van der Waals surface area (Å²) in [5, 5.41) is 18.9. The lowest BCUT2D eigenvalue weighted by molar-refractivity contribution is 0.0697. The quantitative estimate of drug-likeness (QED) is 0.528. The number of rotatable bonds is 8. The van der Waals surface area contributed by atoms with Crippen LogP contribution in [0, 0.1) is 0 Å². The van der Waals surface area contributed by atoms with Crippen LogP contribution < -0.4 is 9.47 Å². The Morgan fingerprint density at radius 3 is 2.67 bits per heavy atom. The molecule has 1 atom stereocenters. The summed E-state index contributed by atoms with van der Waals surface area (Å²) < 4.78 is 11.4. The number of carboxylic acids is 1. The lowest BCUT2D eigenvalue weighted by Crippen LogP contribution is -2.57. The third-order valence-electron chi connectivity index (χ3n) is 4.49. The molecule has 1 aromatic carbocycles. The smallest absolute Gasteiger partial charge is 0.376 e. The molecule has 2 aromatic rings. The summed E-state index contributed by atoms with van der Waals surface area (Å²) in [6, 6.07) is 8.09. The second-order valence-electron chi connectivity index (χ2n) is 6.36. The fraction of sp³-hybridized carbons (Fsp3) is 0.333. The number of carbonyl (C=O) groups is 1. The van der Waals surface area contributed by atoms with Gasteiger partial charge in [0, 0.05) is 11.6 Å². The molecular formula is C18H20BClN2O5. The minimum Gasteiger partial charge on any atom is -0.490 e. The average Bonchev–Trinajstić information content (AvgIpc) is 2.61. The SMILES string of the molecule is CB(O)N1CC[C@H]1COc1cnc(Cl)c(COc2ccc(C(=O)O)cc2)c1. The molecule has 9 heteroatoms. The normalized spacial score (nSPS) is 16.5. The Bertz CT molecular complexity index is 803. The van der Waals surface area contributed by atoms with E-state index in [1.54, 1.807) is 31.2 Å². The zero-order valence-electron chi connectivity index (χ0n) is 14.8. The number of aromatic nitrogens is 1. The largest absolute Gasteiger partial charge is 0.490 e. The maximum Gasteiger partial charge on any atom is 0.376 e. The molecule has 1 aromatic heterocycles. The maximum absolute atomic E-state index is 10.9. The first-order chi connectivity index (χ1) is 12.9. The molecule has 0 aliphatic carbocycles. The van der Waals surface area contributed by atoms with E-state index in [2.05, 4.69) is 4.98 Å². The lowest BCUT2D eigenvalue weighted by atomic mass is 9.78. The Labute approximate surface area is 162 Å². The number of ether oxygens (including phenoxy) is 2. The number of hydrogen-bond acceptors (Lipinski definition) is 6. The number of nitrogens with zero attached hydrogens (tertiary/aromatic N) is 2. The first-order valence-electron chi connectivity index (χ1n) is 8.61. The van der Waals surface area contributed by atoms with Gasteiger partial charge in [-0.15, -0.1) is 0 Å². The molecule has 0 bridgehead atoms. The molecule has 1 aliphatic heterocycles. The summed E-state index contributed by atoms with van der Waals surface area (Å²) in [5.41, 5.74) is 0.858. The van der Waals surface area contributed by atoms with Crippen molar-refractivity contribution in [3.8, 4) is 11.5 Å². The van der Waals surface area contributed by atoms with Gasteiger partial charge in [0.1, 0.15) is 29.9 Å². The maximum atomic E-state index is 10.9. The molecule has 7 nitrogen and oxygen atoms in total. The van der Waals surface area contributed by atoms with E-state index >= 15 is 0 Å². The molecule has 3 rings (SSSR count). The van der Waals surface area contributed by atoms with E-state index in [9.17, 15) is 9.82 Å². The highest BCUT2D eigenvalue weighted by Gasteiger charge is 2.33. The van der Waals surface area contributed by atoms with Gasteiger partial charge in [-0.2, -0.15) is 0 Å². The summed E-state index contributed by atoms with van der Waals surface area (Å²) in [4.78, 5) is 17.0. The second-order valence-corrected chi connectivity index (χ2v) is 6.72. The minimum absolute atomic E-state index is 0.179. The summed E-state index contributed by atoms with van der Waals surface area (Å²) in [6.07, 6.45) is 2.53. The second kappa shape index (κ2) is 8.60. The van der Waals surface area contributed by atoms with Crippen molar-refractivity contribution < 1.29 is 24.4 Å². The van der Waals surface area contributed by atoms with Crippen molar-refractivity contribution in [1.29, 1.82) is 0 Å². The molecular weight excluding hydrogens is 370 g/mol. The number of pyridine rings is 1. The van der Waals surface area contributed by atoms with E-state index in [1.807, 2.05) is 4.81 Å². The van der Waals surface area contributed by atoms with Crippen LogP contribution in [0.5, 0.6) is 11.5 Å². The average molecular weight is 391 g/mol. The third kappa shape index (κ3) is 4.91. The third-order valence-corrected chi connectivity index (χ3v) is 4.83. The molecule has 1 saturated heterocycles. The predicted molar refractivity (Wildman–Crippen MR) is 101 cm³/mol. The van der Waals surface area contributed by atoms with E-state index in [-0.39, 0.29) is 18.2 Å². The van der Waals surface area contributed by atoms with Crippen molar-refractivity contribution in [3.63, 3.8) is 0 Å². The molecule has 2 N–H and O–H groups in total. The van der Waals surface area contributed by atoms with Gasteiger partial charge in [-0.3, -0.25) is 0 Å². The van der Waals surface area contributed by atoms with Gasteiger partial charge in [-0.1, -0.05) is 11.6 Å². The molecule has 2 heterocycles. The van der Waals surface area contributed by atoms with Gasteiger partial charge in [0.15, 0.2) is 0 Å². The molecule has 27 heavy (non-hydrogen) atoms. The van der Waals surface area contributed by atoms with Crippen molar-refractivity contribution in [2.75, 3.05) is 13.2 Å². The van der Waals surface area contributed by atoms with E-state index in [0.29, 0.717) is 28.8 Å². The Morgan fingerprint density at radius 2 is 2.07 bits per heavy atom. The van der Waals surface area contributed by atoms with Crippen LogP contribution in [0.15, 0.2) is 36.5 Å². The highest BCUT2D eigenvalue weighted by atomic mass is 35.5. The monoisotopic (exact) mass is 390 g/mol. The van der Waals surface area contributed by atoms with Gasteiger partial charge in [-0.05, 0) is 50.1 Å². The van der Waals surface area contributed by atoms with Crippen LogP contribution in [-0.2, 0) is 6.61 Å². The van der Waals surface area contributed by atoms with Crippen LogP contribution in [0.25, 0.3) is 0 Å². The van der Waals surface area contributed by atoms with Gasteiger partial charge in [-0.25, -0.2) is 9.78 Å². The number of benzene rings is 1. The number of carboxylic acid groups (broad SMARTS) is 1. The van der Waals surface area contributed by atoms with E-state index < -0.39 is 13.0 Å². The molecule has 0 saturated carbocycles. The Hall–Kier alpha value is -2.29. The number of aromatic carboxylic acids is 1. The number of hydrogen-bond donors (Lipinski definition) is 2. The Kier molecular flexibility index (Phi) is 6.21. The predicted octanol–water partition coefficient (Wildman–Crippen LogP) is 2.58. The molecule has 0 spiro atoms. The van der Waals surface area contributed by atoms with Crippen molar-refractivity contribution >= 4 is 24.6 Å². The lowest BCUT2D eigenvalue weighted by Gasteiger charge is -2.41. The fourth-order valence-corrected chi connectivity index (χ4v) is 2.99. The number of halogens is 1.